The number of H-pyrrole nitrogens is 1. The first kappa shape index (κ1) is 15.2. The molecule has 24 heavy (non-hydrogen) atoms. The first-order valence-electron chi connectivity index (χ1n) is 6.72. The van der Waals surface area contributed by atoms with Crippen LogP contribution in [-0.4, -0.2) is 32.4 Å². The van der Waals surface area contributed by atoms with Crippen LogP contribution >= 0.6 is 0 Å². The van der Waals surface area contributed by atoms with Crippen LogP contribution in [0.15, 0.2) is 30.6 Å². The number of phenols is 1. The van der Waals surface area contributed by atoms with E-state index in [1.54, 1.807) is 0 Å². The molecule has 0 saturated carbocycles. The van der Waals surface area contributed by atoms with Crippen molar-refractivity contribution in [1.29, 1.82) is 5.26 Å². The highest BCUT2D eigenvalue weighted by molar-refractivity contribution is 5.71. The Hall–Kier alpha value is -3.67. The molecule has 3 aromatic rings. The molecule has 9 heteroatoms. The monoisotopic (exact) mass is 326 g/mol. The molecule has 0 spiro atoms. The van der Waals surface area contributed by atoms with Gasteiger partial charge in [0.05, 0.1) is 30.8 Å². The topological polar surface area (TPSA) is 120 Å². The van der Waals surface area contributed by atoms with Crippen LogP contribution in [0.1, 0.15) is 5.69 Å². The molecule has 3 N–H and O–H groups in total. The maximum Gasteiger partial charge on any atom is 0.158 e. The summed E-state index contributed by atoms with van der Waals surface area (Å²) in [6.45, 7) is 0. The highest BCUT2D eigenvalue weighted by Crippen LogP contribution is 2.35. The van der Waals surface area contributed by atoms with Crippen LogP contribution in [0, 0.1) is 17.1 Å². The maximum absolute atomic E-state index is 14.1. The van der Waals surface area contributed by atoms with E-state index >= 15 is 0 Å². The largest absolute Gasteiger partial charge is 0.507 e. The lowest BCUT2D eigenvalue weighted by Gasteiger charge is -2.06. The van der Waals surface area contributed by atoms with Gasteiger partial charge < -0.3 is 15.2 Å². The van der Waals surface area contributed by atoms with E-state index in [9.17, 15) is 9.50 Å². The van der Waals surface area contributed by atoms with Crippen molar-refractivity contribution in [1.82, 2.24) is 20.2 Å². The van der Waals surface area contributed by atoms with E-state index in [1.165, 1.54) is 31.6 Å². The molecule has 2 aromatic heterocycles. The summed E-state index contributed by atoms with van der Waals surface area (Å²) in [5.41, 5.74) is 0.438. The number of ether oxygens (including phenoxy) is 1. The number of anilines is 2. The summed E-state index contributed by atoms with van der Waals surface area (Å²) in [7, 11) is 1.38. The predicted octanol–water partition coefficient (Wildman–Crippen LogP) is 2.34. The van der Waals surface area contributed by atoms with Crippen molar-refractivity contribution < 1.29 is 14.2 Å². The highest BCUT2D eigenvalue weighted by atomic mass is 19.1. The number of nitriles is 1. The molecule has 0 atom stereocenters. The number of rotatable bonds is 4. The normalized spacial score (nSPS) is 10.2. The van der Waals surface area contributed by atoms with Gasteiger partial charge in [-0.25, -0.2) is 14.4 Å². The number of aromatic hydroxyl groups is 1. The van der Waals surface area contributed by atoms with Crippen molar-refractivity contribution in [2.75, 3.05) is 12.4 Å². The molecule has 0 unspecified atom stereocenters. The zero-order valence-corrected chi connectivity index (χ0v) is 12.4. The number of aromatic nitrogens is 4. The third-order valence-electron chi connectivity index (χ3n) is 3.15. The Morgan fingerprint density at radius 2 is 2.08 bits per heavy atom. The summed E-state index contributed by atoms with van der Waals surface area (Å²) in [6, 6.07) is 5.83. The molecule has 0 saturated heterocycles. The fourth-order valence-electron chi connectivity index (χ4n) is 2.05. The van der Waals surface area contributed by atoms with Crippen molar-refractivity contribution in [2.45, 2.75) is 0 Å². The molecule has 0 bridgehead atoms. The molecule has 0 aliphatic rings. The van der Waals surface area contributed by atoms with Crippen molar-refractivity contribution in [2.24, 2.45) is 0 Å². The van der Waals surface area contributed by atoms with Crippen molar-refractivity contribution in [3.63, 3.8) is 0 Å². The van der Waals surface area contributed by atoms with Crippen molar-refractivity contribution in [3.8, 4) is 28.8 Å². The molecular formula is C15H11FN6O2. The summed E-state index contributed by atoms with van der Waals surface area (Å²) < 4.78 is 19.0. The number of hydrogen-bond acceptors (Lipinski definition) is 7. The van der Waals surface area contributed by atoms with Gasteiger partial charge in [0, 0.05) is 18.2 Å². The molecule has 120 valence electrons. The van der Waals surface area contributed by atoms with E-state index in [2.05, 4.69) is 25.5 Å². The zero-order valence-electron chi connectivity index (χ0n) is 12.4. The van der Waals surface area contributed by atoms with Crippen LogP contribution in [0.5, 0.6) is 11.5 Å². The van der Waals surface area contributed by atoms with Crippen LogP contribution < -0.4 is 10.1 Å². The summed E-state index contributed by atoms with van der Waals surface area (Å²) in [6.07, 6.45) is 2.68. The lowest BCUT2D eigenvalue weighted by atomic mass is 10.1. The van der Waals surface area contributed by atoms with Gasteiger partial charge >= 0.3 is 0 Å². The molecule has 0 aliphatic heterocycles. The van der Waals surface area contributed by atoms with Gasteiger partial charge in [-0.2, -0.15) is 10.4 Å². The fourth-order valence-corrected chi connectivity index (χ4v) is 2.05. The van der Waals surface area contributed by atoms with E-state index < -0.39 is 5.82 Å². The van der Waals surface area contributed by atoms with Crippen LogP contribution in [0.2, 0.25) is 0 Å². The smallest absolute Gasteiger partial charge is 0.158 e. The number of benzene rings is 1. The van der Waals surface area contributed by atoms with E-state index in [-0.39, 0.29) is 28.5 Å². The Labute approximate surface area is 135 Å². The van der Waals surface area contributed by atoms with Gasteiger partial charge in [0.15, 0.2) is 11.5 Å². The van der Waals surface area contributed by atoms with Crippen LogP contribution in [0.4, 0.5) is 16.0 Å². The SMILES string of the molecule is COc1cc(O)c(-c2cc(Nc3cnc(C#N)cn3)n[nH]2)c(F)c1. The van der Waals surface area contributed by atoms with Crippen LogP contribution in [0.25, 0.3) is 11.3 Å². The lowest BCUT2D eigenvalue weighted by molar-refractivity contribution is 0.403. The number of halogens is 1. The van der Waals surface area contributed by atoms with Gasteiger partial charge in [0.1, 0.15) is 29.2 Å². The van der Waals surface area contributed by atoms with Crippen LogP contribution in [-0.2, 0) is 0 Å². The second kappa shape index (κ2) is 6.21. The number of nitrogens with zero attached hydrogens (tertiary/aromatic N) is 4. The Kier molecular flexibility index (Phi) is 3.94. The molecule has 2 heterocycles. The van der Waals surface area contributed by atoms with Gasteiger partial charge in [-0.3, -0.25) is 5.10 Å². The number of hydrogen-bond donors (Lipinski definition) is 3. The third-order valence-corrected chi connectivity index (χ3v) is 3.15. The minimum absolute atomic E-state index is 0.0257. The second-order valence-electron chi connectivity index (χ2n) is 4.69. The lowest BCUT2D eigenvalue weighted by Crippen LogP contribution is -1.95. The zero-order chi connectivity index (χ0) is 17.1. The number of aromatic amines is 1. The third kappa shape index (κ3) is 2.93. The maximum atomic E-state index is 14.1. The van der Waals surface area contributed by atoms with E-state index in [0.717, 1.165) is 6.07 Å². The average Bonchev–Trinajstić information content (AvgIpc) is 3.02. The first-order chi connectivity index (χ1) is 11.6. The predicted molar refractivity (Wildman–Crippen MR) is 82.2 cm³/mol. The Bertz CT molecular complexity index is 893. The van der Waals surface area contributed by atoms with Crippen molar-refractivity contribution >= 4 is 11.6 Å². The molecule has 0 radical (unpaired) electrons. The second-order valence-corrected chi connectivity index (χ2v) is 4.69. The molecule has 3 rings (SSSR count). The van der Waals surface area contributed by atoms with Gasteiger partial charge in [0.25, 0.3) is 0 Å². The number of phenolic OH excluding ortho intramolecular Hbond substituents is 1. The van der Waals surface area contributed by atoms with E-state index in [0.29, 0.717) is 11.6 Å². The average molecular weight is 326 g/mol. The molecular weight excluding hydrogens is 315 g/mol. The minimum Gasteiger partial charge on any atom is -0.507 e. The van der Waals surface area contributed by atoms with Gasteiger partial charge in [-0.05, 0) is 0 Å². The van der Waals surface area contributed by atoms with Gasteiger partial charge in [-0.1, -0.05) is 0 Å². The molecule has 8 nitrogen and oxygen atoms in total. The van der Waals surface area contributed by atoms with Gasteiger partial charge in [0.2, 0.25) is 0 Å². The van der Waals surface area contributed by atoms with E-state index in [4.69, 9.17) is 10.00 Å². The van der Waals surface area contributed by atoms with Crippen molar-refractivity contribution in [3.05, 3.63) is 42.1 Å². The summed E-state index contributed by atoms with van der Waals surface area (Å²) >= 11 is 0. The highest BCUT2D eigenvalue weighted by Gasteiger charge is 2.16. The molecule has 0 aliphatic carbocycles. The first-order valence-corrected chi connectivity index (χ1v) is 6.72. The van der Waals surface area contributed by atoms with Crippen LogP contribution in [0.3, 0.4) is 0 Å². The Morgan fingerprint density at radius 3 is 2.71 bits per heavy atom. The summed E-state index contributed by atoms with van der Waals surface area (Å²) in [4.78, 5) is 7.86. The minimum atomic E-state index is -0.653. The summed E-state index contributed by atoms with van der Waals surface area (Å²) in [5.74, 6) is -0.00926. The van der Waals surface area contributed by atoms with E-state index in [1.807, 2.05) is 6.07 Å². The Balaban J connectivity index is 1.87. The van der Waals surface area contributed by atoms with Gasteiger partial charge in [-0.15, -0.1) is 0 Å². The number of methoxy groups -OCH3 is 1. The number of nitrogens with one attached hydrogen (secondary N) is 2. The summed E-state index contributed by atoms with van der Waals surface area (Å²) in [5, 5.41) is 28.1. The molecule has 0 amide bonds. The Morgan fingerprint density at radius 1 is 1.25 bits per heavy atom. The quantitative estimate of drug-likeness (QED) is 0.673. The fraction of sp³-hybridized carbons (Fsp3) is 0.0667. The molecule has 1 aromatic carbocycles. The molecule has 0 fully saturated rings. The standard InChI is InChI=1S/C15H11FN6O2/c1-24-9-2-10(16)15(12(23)3-9)11-4-13(22-21-11)20-14-7-18-8(5-17)6-19-14/h2-4,6-7,23H,1H3,(H2,19,20,21,22).